The second-order valence-corrected chi connectivity index (χ2v) is 6.51. The molecule has 2 aromatic carbocycles. The molecule has 136 valence electrons. The Hall–Kier alpha value is -2.73. The van der Waals surface area contributed by atoms with Crippen LogP contribution in [-0.2, 0) is 21.6 Å². The van der Waals surface area contributed by atoms with Crippen LogP contribution in [0.3, 0.4) is 0 Å². The molecule has 1 saturated heterocycles. The van der Waals surface area contributed by atoms with E-state index < -0.39 is 10.5 Å². The van der Waals surface area contributed by atoms with Gasteiger partial charge in [-0.25, -0.2) is 0 Å². The van der Waals surface area contributed by atoms with Crippen molar-refractivity contribution >= 4 is 11.7 Å². The molecule has 1 aliphatic heterocycles. The quantitative estimate of drug-likeness (QED) is 0.489. The van der Waals surface area contributed by atoms with Gasteiger partial charge < -0.3 is 10.1 Å². The molecule has 26 heavy (non-hydrogen) atoms. The van der Waals surface area contributed by atoms with Crippen LogP contribution in [0.5, 0.6) is 0 Å². The summed E-state index contributed by atoms with van der Waals surface area (Å²) in [4.78, 5) is 22.8. The third-order valence-corrected chi connectivity index (χ3v) is 4.79. The number of piperidine rings is 1. The van der Waals surface area contributed by atoms with Gasteiger partial charge in [0.2, 0.25) is 0 Å². The highest BCUT2D eigenvalue weighted by molar-refractivity contribution is 5.70. The molecule has 1 N–H and O–H groups in total. The molecule has 1 aliphatic rings. The molecule has 0 amide bonds. The Kier molecular flexibility index (Phi) is 5.63. The number of carbonyl (C=O) groups excluding carboxylic acids is 1. The lowest BCUT2D eigenvalue weighted by Crippen LogP contribution is -2.43. The minimum atomic E-state index is -0.570. The topological polar surface area (TPSA) is 81.5 Å². The predicted octanol–water partition coefficient (Wildman–Crippen LogP) is 3.35. The van der Waals surface area contributed by atoms with Crippen LogP contribution in [0, 0.1) is 10.1 Å². The number of nitro benzene ring substituents is 1. The van der Waals surface area contributed by atoms with Crippen molar-refractivity contribution in [2.24, 2.45) is 0 Å². The van der Waals surface area contributed by atoms with E-state index in [9.17, 15) is 14.9 Å². The Morgan fingerprint density at radius 3 is 2.35 bits per heavy atom. The summed E-state index contributed by atoms with van der Waals surface area (Å²) in [6, 6.07) is 16.2. The van der Waals surface area contributed by atoms with Gasteiger partial charge in [0, 0.05) is 31.4 Å². The average molecular weight is 354 g/mol. The van der Waals surface area contributed by atoms with Gasteiger partial charge in [-0.2, -0.15) is 0 Å². The maximum absolute atomic E-state index is 12.5. The molecule has 6 nitrogen and oxygen atoms in total. The standard InChI is InChI=1S/C20H22N2O4/c23-19(11-8-16-6-9-18(10-7-16)22(24)25)26-20(12-14-21-15-13-20)17-4-2-1-3-5-17/h1-7,9-10,21H,8,11-15H2. The molecule has 0 saturated carbocycles. The van der Waals surface area contributed by atoms with Crippen molar-refractivity contribution in [1.29, 1.82) is 0 Å². The van der Waals surface area contributed by atoms with Crippen molar-refractivity contribution in [3.63, 3.8) is 0 Å². The summed E-state index contributed by atoms with van der Waals surface area (Å²) in [6.07, 6.45) is 2.25. The molecule has 0 aromatic heterocycles. The SMILES string of the molecule is O=C(CCc1ccc([N+](=O)[O-])cc1)OC1(c2ccccc2)CCNCC1. The Bertz CT molecular complexity index is 753. The Labute approximate surface area is 152 Å². The van der Waals surface area contributed by atoms with E-state index in [0.29, 0.717) is 6.42 Å². The fourth-order valence-corrected chi connectivity index (χ4v) is 3.32. The zero-order chi connectivity index (χ0) is 18.4. The van der Waals surface area contributed by atoms with E-state index in [1.54, 1.807) is 12.1 Å². The number of nitrogens with one attached hydrogen (secondary N) is 1. The largest absolute Gasteiger partial charge is 0.454 e. The van der Waals surface area contributed by atoms with E-state index in [-0.39, 0.29) is 18.1 Å². The van der Waals surface area contributed by atoms with E-state index in [2.05, 4.69) is 5.32 Å². The second kappa shape index (κ2) is 8.10. The van der Waals surface area contributed by atoms with Gasteiger partial charge in [-0.05, 0) is 30.6 Å². The van der Waals surface area contributed by atoms with Crippen molar-refractivity contribution < 1.29 is 14.5 Å². The first-order valence-corrected chi connectivity index (χ1v) is 8.80. The molecule has 0 unspecified atom stereocenters. The molecule has 1 heterocycles. The Morgan fingerprint density at radius 1 is 1.08 bits per heavy atom. The van der Waals surface area contributed by atoms with Crippen LogP contribution in [0.15, 0.2) is 54.6 Å². The van der Waals surface area contributed by atoms with Gasteiger partial charge in [-0.1, -0.05) is 42.5 Å². The van der Waals surface area contributed by atoms with Crippen LogP contribution in [-0.4, -0.2) is 24.0 Å². The van der Waals surface area contributed by atoms with Crippen molar-refractivity contribution in [3.05, 3.63) is 75.8 Å². The third-order valence-electron chi connectivity index (χ3n) is 4.79. The number of esters is 1. The summed E-state index contributed by atoms with van der Waals surface area (Å²) < 4.78 is 5.96. The summed E-state index contributed by atoms with van der Waals surface area (Å²) in [5, 5.41) is 14.0. The van der Waals surface area contributed by atoms with Crippen LogP contribution in [0.4, 0.5) is 5.69 Å². The molecule has 0 aliphatic carbocycles. The first-order valence-electron chi connectivity index (χ1n) is 8.80. The summed E-state index contributed by atoms with van der Waals surface area (Å²) in [5.74, 6) is -0.242. The third kappa shape index (κ3) is 4.26. The van der Waals surface area contributed by atoms with Crippen molar-refractivity contribution in [1.82, 2.24) is 5.32 Å². The highest BCUT2D eigenvalue weighted by Gasteiger charge is 2.37. The number of nitrogens with zero attached hydrogens (tertiary/aromatic N) is 1. The number of aryl methyl sites for hydroxylation is 1. The molecule has 3 rings (SSSR count). The van der Waals surface area contributed by atoms with Gasteiger partial charge in [0.05, 0.1) is 4.92 Å². The van der Waals surface area contributed by atoms with E-state index in [1.807, 2.05) is 30.3 Å². The van der Waals surface area contributed by atoms with Gasteiger partial charge in [0.15, 0.2) is 0 Å². The zero-order valence-corrected chi connectivity index (χ0v) is 14.5. The maximum Gasteiger partial charge on any atom is 0.307 e. The summed E-state index contributed by atoms with van der Waals surface area (Å²) in [7, 11) is 0. The van der Waals surface area contributed by atoms with Crippen LogP contribution in [0.25, 0.3) is 0 Å². The number of carbonyl (C=O) groups is 1. The van der Waals surface area contributed by atoms with E-state index in [1.165, 1.54) is 12.1 Å². The van der Waals surface area contributed by atoms with Crippen LogP contribution < -0.4 is 5.32 Å². The van der Waals surface area contributed by atoms with Crippen LogP contribution in [0.1, 0.15) is 30.4 Å². The fourth-order valence-electron chi connectivity index (χ4n) is 3.32. The normalized spacial score (nSPS) is 16.0. The molecule has 1 fully saturated rings. The lowest BCUT2D eigenvalue weighted by molar-refractivity contribution is -0.384. The first kappa shape index (κ1) is 18.1. The second-order valence-electron chi connectivity index (χ2n) is 6.51. The van der Waals surface area contributed by atoms with Gasteiger partial charge in [0.1, 0.15) is 5.60 Å². The lowest BCUT2D eigenvalue weighted by atomic mass is 9.84. The molecule has 2 aromatic rings. The summed E-state index contributed by atoms with van der Waals surface area (Å²) in [5.41, 5.74) is 1.39. The summed E-state index contributed by atoms with van der Waals surface area (Å²) >= 11 is 0. The number of rotatable bonds is 6. The van der Waals surface area contributed by atoms with Crippen molar-refractivity contribution in [3.8, 4) is 0 Å². The number of nitro groups is 1. The van der Waals surface area contributed by atoms with Crippen molar-refractivity contribution in [2.45, 2.75) is 31.3 Å². The maximum atomic E-state index is 12.5. The average Bonchev–Trinajstić information content (AvgIpc) is 2.68. The Balaban J connectivity index is 1.64. The minimum absolute atomic E-state index is 0.0501. The number of hydrogen-bond donors (Lipinski definition) is 1. The van der Waals surface area contributed by atoms with Crippen molar-refractivity contribution in [2.75, 3.05) is 13.1 Å². The Morgan fingerprint density at radius 2 is 1.73 bits per heavy atom. The smallest absolute Gasteiger partial charge is 0.307 e. The fraction of sp³-hybridized carbons (Fsp3) is 0.350. The number of non-ortho nitro benzene ring substituents is 1. The number of benzene rings is 2. The molecule has 0 spiro atoms. The molecule has 0 atom stereocenters. The highest BCUT2D eigenvalue weighted by atomic mass is 16.6. The zero-order valence-electron chi connectivity index (χ0n) is 14.5. The van der Waals surface area contributed by atoms with E-state index in [4.69, 9.17) is 4.74 Å². The lowest BCUT2D eigenvalue weighted by Gasteiger charge is -2.37. The predicted molar refractivity (Wildman–Crippen MR) is 97.7 cm³/mol. The van der Waals surface area contributed by atoms with E-state index in [0.717, 1.165) is 37.1 Å². The first-order chi connectivity index (χ1) is 12.6. The van der Waals surface area contributed by atoms with E-state index >= 15 is 0 Å². The van der Waals surface area contributed by atoms with Gasteiger partial charge >= 0.3 is 5.97 Å². The molecular formula is C20H22N2O4. The highest BCUT2D eigenvalue weighted by Crippen LogP contribution is 2.35. The van der Waals surface area contributed by atoms with Gasteiger partial charge in [-0.3, -0.25) is 14.9 Å². The summed E-state index contributed by atoms with van der Waals surface area (Å²) in [6.45, 7) is 1.62. The van der Waals surface area contributed by atoms with Gasteiger partial charge in [0.25, 0.3) is 5.69 Å². The molecular weight excluding hydrogens is 332 g/mol. The van der Waals surface area contributed by atoms with Gasteiger partial charge in [-0.15, -0.1) is 0 Å². The van der Waals surface area contributed by atoms with Crippen LogP contribution in [0.2, 0.25) is 0 Å². The molecule has 0 bridgehead atoms. The monoisotopic (exact) mass is 354 g/mol. The number of hydrogen-bond acceptors (Lipinski definition) is 5. The molecule has 0 radical (unpaired) electrons. The molecule has 6 heteroatoms. The van der Waals surface area contributed by atoms with Crippen LogP contribution >= 0.6 is 0 Å². The number of ether oxygens (including phenoxy) is 1. The minimum Gasteiger partial charge on any atom is -0.454 e.